The molecule has 0 spiro atoms. The molecule has 2 heteroatoms. The summed E-state index contributed by atoms with van der Waals surface area (Å²) in [5.74, 6) is 0. The third-order valence-electron chi connectivity index (χ3n) is 3.88. The van der Waals surface area contributed by atoms with E-state index in [2.05, 4.69) is 26.1 Å². The third kappa shape index (κ3) is 2.96. The van der Waals surface area contributed by atoms with Gasteiger partial charge in [0.05, 0.1) is 5.60 Å². The first-order chi connectivity index (χ1) is 6.54. The Hall–Kier alpha value is -0.0800. The maximum absolute atomic E-state index is 10.1. The van der Waals surface area contributed by atoms with Gasteiger partial charge in [-0.1, -0.05) is 27.2 Å². The van der Waals surface area contributed by atoms with E-state index in [0.29, 0.717) is 5.41 Å². The van der Waals surface area contributed by atoms with Gasteiger partial charge in [0, 0.05) is 13.1 Å². The van der Waals surface area contributed by atoms with Crippen LogP contribution >= 0.6 is 0 Å². The molecule has 0 heterocycles. The molecule has 1 aliphatic rings. The molecule has 1 aliphatic carbocycles. The highest BCUT2D eigenvalue weighted by Gasteiger charge is 2.32. The molecule has 0 unspecified atom stereocenters. The van der Waals surface area contributed by atoms with E-state index in [1.54, 1.807) is 0 Å². The molecule has 0 amide bonds. The van der Waals surface area contributed by atoms with Crippen LogP contribution in [0.25, 0.3) is 0 Å². The number of hydrogen-bond donors (Lipinski definition) is 2. The average Bonchev–Trinajstić information content (AvgIpc) is 2.15. The molecule has 2 N–H and O–H groups in total. The van der Waals surface area contributed by atoms with Gasteiger partial charge in [0.2, 0.25) is 0 Å². The molecule has 14 heavy (non-hydrogen) atoms. The van der Waals surface area contributed by atoms with Crippen LogP contribution in [0.1, 0.15) is 52.9 Å². The number of nitrogens with one attached hydrogen (secondary N) is 1. The Morgan fingerprint density at radius 3 is 2.21 bits per heavy atom. The van der Waals surface area contributed by atoms with Crippen molar-refractivity contribution in [2.24, 2.45) is 5.41 Å². The van der Waals surface area contributed by atoms with Gasteiger partial charge in [0.25, 0.3) is 0 Å². The minimum Gasteiger partial charge on any atom is -0.389 e. The van der Waals surface area contributed by atoms with Crippen molar-refractivity contribution < 1.29 is 5.11 Å². The summed E-state index contributed by atoms with van der Waals surface area (Å²) in [4.78, 5) is 0. The Kier molecular flexibility index (Phi) is 3.96. The highest BCUT2D eigenvalue weighted by molar-refractivity contribution is 4.87. The maximum Gasteiger partial charge on any atom is 0.0766 e. The molecule has 84 valence electrons. The standard InChI is InChI=1S/C12H25NO/c1-4-12(14,5-2)10-13-9-11(3)7-6-8-11/h13-14H,4-10H2,1-3H3. The highest BCUT2D eigenvalue weighted by atomic mass is 16.3. The zero-order valence-corrected chi connectivity index (χ0v) is 9.90. The van der Waals surface area contributed by atoms with Crippen molar-refractivity contribution in [3.63, 3.8) is 0 Å². The molecule has 0 aromatic rings. The monoisotopic (exact) mass is 199 g/mol. The van der Waals surface area contributed by atoms with Gasteiger partial charge in [-0.15, -0.1) is 0 Å². The van der Waals surface area contributed by atoms with Crippen LogP contribution in [0.15, 0.2) is 0 Å². The summed E-state index contributed by atoms with van der Waals surface area (Å²) in [6, 6.07) is 0. The fraction of sp³-hybridized carbons (Fsp3) is 1.00. The maximum atomic E-state index is 10.1. The summed E-state index contributed by atoms with van der Waals surface area (Å²) >= 11 is 0. The molecule has 0 aromatic carbocycles. The van der Waals surface area contributed by atoms with Gasteiger partial charge in [0.15, 0.2) is 0 Å². The van der Waals surface area contributed by atoms with E-state index in [1.165, 1.54) is 19.3 Å². The predicted octanol–water partition coefficient (Wildman–Crippen LogP) is 2.32. The molecule has 1 saturated carbocycles. The smallest absolute Gasteiger partial charge is 0.0766 e. The topological polar surface area (TPSA) is 32.3 Å². The first-order valence-electron chi connectivity index (χ1n) is 5.97. The van der Waals surface area contributed by atoms with E-state index < -0.39 is 5.60 Å². The summed E-state index contributed by atoms with van der Waals surface area (Å²) in [5.41, 5.74) is 0.0303. The summed E-state index contributed by atoms with van der Waals surface area (Å²) in [6.07, 6.45) is 5.75. The first kappa shape index (κ1) is 12.0. The summed E-state index contributed by atoms with van der Waals surface area (Å²) < 4.78 is 0. The largest absolute Gasteiger partial charge is 0.389 e. The third-order valence-corrected chi connectivity index (χ3v) is 3.88. The summed E-state index contributed by atoms with van der Waals surface area (Å²) in [5, 5.41) is 13.5. The normalized spacial score (nSPS) is 20.6. The van der Waals surface area contributed by atoms with Gasteiger partial charge in [-0.3, -0.25) is 0 Å². The van der Waals surface area contributed by atoms with E-state index in [-0.39, 0.29) is 0 Å². The molecule has 0 aromatic heterocycles. The zero-order valence-electron chi connectivity index (χ0n) is 9.90. The van der Waals surface area contributed by atoms with Crippen molar-refractivity contribution in [2.45, 2.75) is 58.5 Å². The Bertz CT molecular complexity index is 171. The molecule has 0 saturated heterocycles. The van der Waals surface area contributed by atoms with Gasteiger partial charge in [0.1, 0.15) is 0 Å². The van der Waals surface area contributed by atoms with Crippen LogP contribution in [0.5, 0.6) is 0 Å². The predicted molar refractivity (Wildman–Crippen MR) is 60.4 cm³/mol. The number of rotatable bonds is 6. The molecule has 0 radical (unpaired) electrons. The Morgan fingerprint density at radius 1 is 1.29 bits per heavy atom. The van der Waals surface area contributed by atoms with Crippen molar-refractivity contribution in [3.8, 4) is 0 Å². The Morgan fingerprint density at radius 2 is 1.86 bits per heavy atom. The van der Waals surface area contributed by atoms with Crippen molar-refractivity contribution >= 4 is 0 Å². The van der Waals surface area contributed by atoms with Crippen LogP contribution in [0.4, 0.5) is 0 Å². The van der Waals surface area contributed by atoms with Gasteiger partial charge in [-0.25, -0.2) is 0 Å². The second-order valence-corrected chi connectivity index (χ2v) is 5.20. The minimum absolute atomic E-state index is 0.486. The van der Waals surface area contributed by atoms with Crippen LogP contribution in [0.3, 0.4) is 0 Å². The molecule has 0 bridgehead atoms. The van der Waals surface area contributed by atoms with Crippen LogP contribution in [-0.2, 0) is 0 Å². The van der Waals surface area contributed by atoms with Crippen LogP contribution in [0, 0.1) is 5.41 Å². The molecule has 0 atom stereocenters. The quantitative estimate of drug-likeness (QED) is 0.688. The summed E-state index contributed by atoms with van der Waals surface area (Å²) in [6.45, 7) is 8.25. The molecule has 1 fully saturated rings. The molecular weight excluding hydrogens is 174 g/mol. The second kappa shape index (κ2) is 4.63. The number of aliphatic hydroxyl groups is 1. The highest BCUT2D eigenvalue weighted by Crippen LogP contribution is 2.39. The minimum atomic E-state index is -0.486. The molecule has 2 nitrogen and oxygen atoms in total. The van der Waals surface area contributed by atoms with E-state index in [0.717, 1.165) is 25.9 Å². The Balaban J connectivity index is 2.19. The van der Waals surface area contributed by atoms with Gasteiger partial charge < -0.3 is 10.4 Å². The van der Waals surface area contributed by atoms with E-state index in [4.69, 9.17) is 0 Å². The van der Waals surface area contributed by atoms with Gasteiger partial charge >= 0.3 is 0 Å². The van der Waals surface area contributed by atoms with Gasteiger partial charge in [-0.05, 0) is 31.1 Å². The van der Waals surface area contributed by atoms with Gasteiger partial charge in [-0.2, -0.15) is 0 Å². The fourth-order valence-electron chi connectivity index (χ4n) is 2.05. The van der Waals surface area contributed by atoms with Crippen molar-refractivity contribution in [2.75, 3.05) is 13.1 Å². The molecule has 1 rings (SSSR count). The Labute approximate surface area is 88.1 Å². The van der Waals surface area contributed by atoms with E-state index in [9.17, 15) is 5.11 Å². The lowest BCUT2D eigenvalue weighted by atomic mass is 9.70. The van der Waals surface area contributed by atoms with Crippen molar-refractivity contribution in [1.29, 1.82) is 0 Å². The second-order valence-electron chi connectivity index (χ2n) is 5.20. The molecular formula is C12H25NO. The van der Waals surface area contributed by atoms with Crippen molar-refractivity contribution in [1.82, 2.24) is 5.32 Å². The SMILES string of the molecule is CCC(O)(CC)CNCC1(C)CCC1. The lowest BCUT2D eigenvalue weighted by Gasteiger charge is -2.39. The summed E-state index contributed by atoms with van der Waals surface area (Å²) in [7, 11) is 0. The van der Waals surface area contributed by atoms with Crippen LogP contribution < -0.4 is 5.32 Å². The van der Waals surface area contributed by atoms with E-state index >= 15 is 0 Å². The zero-order chi connectivity index (χ0) is 10.7. The number of hydrogen-bond acceptors (Lipinski definition) is 2. The van der Waals surface area contributed by atoms with E-state index in [1.807, 2.05) is 0 Å². The van der Waals surface area contributed by atoms with Crippen LogP contribution in [-0.4, -0.2) is 23.8 Å². The van der Waals surface area contributed by atoms with Crippen molar-refractivity contribution in [3.05, 3.63) is 0 Å². The molecule has 0 aliphatic heterocycles. The van der Waals surface area contributed by atoms with Crippen LogP contribution in [0.2, 0.25) is 0 Å². The average molecular weight is 199 g/mol. The fourth-order valence-corrected chi connectivity index (χ4v) is 2.05. The lowest BCUT2D eigenvalue weighted by Crippen LogP contribution is -2.45. The lowest BCUT2D eigenvalue weighted by molar-refractivity contribution is 0.0269. The first-order valence-corrected chi connectivity index (χ1v) is 5.97.